The van der Waals surface area contributed by atoms with Crippen molar-refractivity contribution < 1.29 is 4.74 Å². The second-order valence-electron chi connectivity index (χ2n) is 5.40. The summed E-state index contributed by atoms with van der Waals surface area (Å²) >= 11 is 5.97. The molecule has 3 heteroatoms. The zero-order chi connectivity index (χ0) is 13.5. The molecule has 1 aliphatic carbocycles. The third-order valence-corrected chi connectivity index (χ3v) is 4.00. The monoisotopic (exact) mass is 281 g/mol. The normalized spacial score (nSPS) is 16.5. The predicted octanol–water partition coefficient (Wildman–Crippen LogP) is 4.34. The summed E-state index contributed by atoms with van der Waals surface area (Å²) in [7, 11) is 0. The van der Waals surface area contributed by atoms with Crippen molar-refractivity contribution in [2.75, 3.05) is 13.2 Å². The van der Waals surface area contributed by atoms with Gasteiger partial charge in [0.2, 0.25) is 0 Å². The van der Waals surface area contributed by atoms with E-state index >= 15 is 0 Å². The lowest BCUT2D eigenvalue weighted by Gasteiger charge is -2.22. The number of rotatable bonds is 6. The van der Waals surface area contributed by atoms with E-state index < -0.39 is 0 Å². The Morgan fingerprint density at radius 1 is 1.26 bits per heavy atom. The van der Waals surface area contributed by atoms with Crippen molar-refractivity contribution in [3.8, 4) is 5.75 Å². The summed E-state index contributed by atoms with van der Waals surface area (Å²) in [5.41, 5.74) is 1.14. The Bertz CT molecular complexity index is 388. The van der Waals surface area contributed by atoms with Gasteiger partial charge in [0.25, 0.3) is 0 Å². The van der Waals surface area contributed by atoms with Gasteiger partial charge in [0.05, 0.1) is 6.61 Å². The number of hydrogen-bond acceptors (Lipinski definition) is 2. The number of halogens is 1. The second kappa shape index (κ2) is 7.76. The molecular weight excluding hydrogens is 258 g/mol. The van der Waals surface area contributed by atoms with Gasteiger partial charge in [-0.05, 0) is 50.4 Å². The van der Waals surface area contributed by atoms with Gasteiger partial charge in [-0.3, -0.25) is 0 Å². The number of nitrogens with one attached hydrogen (secondary N) is 1. The average molecular weight is 282 g/mol. The van der Waals surface area contributed by atoms with Crippen molar-refractivity contribution in [3.63, 3.8) is 0 Å². The highest BCUT2D eigenvalue weighted by atomic mass is 35.5. The minimum atomic E-state index is 0.737. The fourth-order valence-corrected chi connectivity index (χ4v) is 2.76. The molecule has 0 unspecified atom stereocenters. The molecule has 106 valence electrons. The van der Waals surface area contributed by atoms with E-state index in [1.165, 1.54) is 32.1 Å². The van der Waals surface area contributed by atoms with Crippen molar-refractivity contribution in [2.45, 2.75) is 51.5 Å². The Labute approximate surface area is 121 Å². The van der Waals surface area contributed by atoms with E-state index in [1.807, 2.05) is 25.1 Å². The lowest BCUT2D eigenvalue weighted by Crippen LogP contribution is -2.32. The third-order valence-electron chi connectivity index (χ3n) is 3.77. The molecule has 1 aromatic rings. The molecule has 0 aromatic heterocycles. The minimum absolute atomic E-state index is 0.737. The quantitative estimate of drug-likeness (QED) is 0.783. The molecule has 19 heavy (non-hydrogen) atoms. The lowest BCUT2D eigenvalue weighted by atomic mass is 9.95. The number of aryl methyl sites for hydroxylation is 1. The zero-order valence-corrected chi connectivity index (χ0v) is 12.5. The molecule has 0 spiro atoms. The Morgan fingerprint density at radius 2 is 2.05 bits per heavy atom. The van der Waals surface area contributed by atoms with E-state index in [1.54, 1.807) is 0 Å². The van der Waals surface area contributed by atoms with Gasteiger partial charge in [0.15, 0.2) is 0 Å². The van der Waals surface area contributed by atoms with Gasteiger partial charge in [-0.25, -0.2) is 0 Å². The fraction of sp³-hybridized carbons (Fsp3) is 0.625. The molecule has 1 aliphatic rings. The van der Waals surface area contributed by atoms with Gasteiger partial charge in [-0.1, -0.05) is 36.9 Å². The topological polar surface area (TPSA) is 21.3 Å². The second-order valence-corrected chi connectivity index (χ2v) is 5.84. The molecular formula is C16H24ClNO. The van der Waals surface area contributed by atoms with E-state index in [9.17, 15) is 0 Å². The maximum atomic E-state index is 5.97. The molecule has 0 amide bonds. The summed E-state index contributed by atoms with van der Waals surface area (Å²) in [5, 5.41) is 4.36. The Morgan fingerprint density at radius 3 is 2.84 bits per heavy atom. The van der Waals surface area contributed by atoms with Crippen molar-refractivity contribution in [3.05, 3.63) is 28.8 Å². The maximum Gasteiger partial charge on any atom is 0.123 e. The largest absolute Gasteiger partial charge is 0.493 e. The van der Waals surface area contributed by atoms with Gasteiger partial charge in [0, 0.05) is 11.1 Å². The van der Waals surface area contributed by atoms with Crippen LogP contribution in [0.5, 0.6) is 5.75 Å². The molecule has 1 N–H and O–H groups in total. The Hall–Kier alpha value is -0.730. The van der Waals surface area contributed by atoms with Gasteiger partial charge in [-0.15, -0.1) is 0 Å². The van der Waals surface area contributed by atoms with E-state index in [0.717, 1.165) is 41.9 Å². The van der Waals surface area contributed by atoms with Crippen molar-refractivity contribution in [1.82, 2.24) is 5.32 Å². The van der Waals surface area contributed by atoms with Crippen LogP contribution >= 0.6 is 11.6 Å². The summed E-state index contributed by atoms with van der Waals surface area (Å²) in [4.78, 5) is 0. The maximum absolute atomic E-state index is 5.97. The summed E-state index contributed by atoms with van der Waals surface area (Å²) in [5.74, 6) is 0.908. The summed E-state index contributed by atoms with van der Waals surface area (Å²) in [6.45, 7) is 3.84. The molecule has 2 nitrogen and oxygen atoms in total. The highest BCUT2D eigenvalue weighted by Gasteiger charge is 2.11. The summed E-state index contributed by atoms with van der Waals surface area (Å²) in [6, 6.07) is 6.53. The molecule has 2 rings (SSSR count). The highest BCUT2D eigenvalue weighted by molar-refractivity contribution is 6.30. The lowest BCUT2D eigenvalue weighted by molar-refractivity contribution is 0.295. The van der Waals surface area contributed by atoms with Crippen LogP contribution < -0.4 is 10.1 Å². The van der Waals surface area contributed by atoms with Crippen LogP contribution in [0, 0.1) is 6.92 Å². The van der Waals surface area contributed by atoms with Crippen LogP contribution in [0.25, 0.3) is 0 Å². The molecule has 1 aromatic carbocycles. The Kier molecular flexibility index (Phi) is 5.99. The van der Waals surface area contributed by atoms with Crippen molar-refractivity contribution in [1.29, 1.82) is 0 Å². The van der Waals surface area contributed by atoms with Gasteiger partial charge in [-0.2, -0.15) is 0 Å². The third kappa shape index (κ3) is 5.04. The molecule has 0 saturated heterocycles. The van der Waals surface area contributed by atoms with E-state index in [2.05, 4.69) is 5.32 Å². The molecule has 0 bridgehead atoms. The van der Waals surface area contributed by atoms with E-state index in [4.69, 9.17) is 16.3 Å². The van der Waals surface area contributed by atoms with Gasteiger partial charge in [0.1, 0.15) is 5.75 Å². The average Bonchev–Trinajstić information content (AvgIpc) is 2.43. The minimum Gasteiger partial charge on any atom is -0.493 e. The zero-order valence-electron chi connectivity index (χ0n) is 11.8. The fourth-order valence-electron chi connectivity index (χ4n) is 2.60. The van der Waals surface area contributed by atoms with Crippen LogP contribution in [0.3, 0.4) is 0 Å². The first kappa shape index (κ1) is 14.7. The molecule has 1 fully saturated rings. The predicted molar refractivity (Wildman–Crippen MR) is 81.2 cm³/mol. The Balaban J connectivity index is 1.62. The SMILES string of the molecule is Cc1ccc(Cl)cc1OCCCNC1CCCCC1. The first-order chi connectivity index (χ1) is 9.25. The summed E-state index contributed by atoms with van der Waals surface area (Å²) in [6.07, 6.45) is 7.91. The van der Waals surface area contributed by atoms with Crippen LogP contribution in [0.15, 0.2) is 18.2 Å². The molecule has 0 heterocycles. The van der Waals surface area contributed by atoms with Gasteiger partial charge < -0.3 is 10.1 Å². The first-order valence-electron chi connectivity index (χ1n) is 7.38. The molecule has 1 saturated carbocycles. The molecule has 0 radical (unpaired) electrons. The van der Waals surface area contributed by atoms with Gasteiger partial charge >= 0.3 is 0 Å². The number of benzene rings is 1. The van der Waals surface area contributed by atoms with Crippen LogP contribution in [-0.2, 0) is 0 Å². The van der Waals surface area contributed by atoms with Crippen LogP contribution in [0.4, 0.5) is 0 Å². The van der Waals surface area contributed by atoms with Crippen LogP contribution in [0.1, 0.15) is 44.1 Å². The smallest absolute Gasteiger partial charge is 0.123 e. The number of ether oxygens (including phenoxy) is 1. The van der Waals surface area contributed by atoms with Crippen LogP contribution in [0.2, 0.25) is 5.02 Å². The highest BCUT2D eigenvalue weighted by Crippen LogP contribution is 2.22. The van der Waals surface area contributed by atoms with Crippen LogP contribution in [-0.4, -0.2) is 19.2 Å². The first-order valence-corrected chi connectivity index (χ1v) is 7.76. The summed E-state index contributed by atoms with van der Waals surface area (Å²) < 4.78 is 5.78. The van der Waals surface area contributed by atoms with E-state index in [-0.39, 0.29) is 0 Å². The molecule has 0 atom stereocenters. The van der Waals surface area contributed by atoms with E-state index in [0.29, 0.717) is 0 Å². The number of hydrogen-bond donors (Lipinski definition) is 1. The van der Waals surface area contributed by atoms with Crippen molar-refractivity contribution in [2.24, 2.45) is 0 Å². The van der Waals surface area contributed by atoms with Crippen molar-refractivity contribution >= 4 is 11.6 Å². The molecule has 0 aliphatic heterocycles. The standard InChI is InChI=1S/C16H24ClNO/c1-13-8-9-14(17)12-16(13)19-11-5-10-18-15-6-3-2-4-7-15/h8-9,12,15,18H,2-7,10-11H2,1H3.